The summed E-state index contributed by atoms with van der Waals surface area (Å²) >= 11 is 0. The summed E-state index contributed by atoms with van der Waals surface area (Å²) in [5.74, 6) is 0.855. The lowest BCUT2D eigenvalue weighted by molar-refractivity contribution is 0.0213. The standard InChI is InChI=1S/C11H15NO2/c1-7-11(12)10-5-9(13-2)4-3-8(10)6-14-7/h3-5,7,11H,6,12H2,1-2H3. The van der Waals surface area contributed by atoms with Crippen LogP contribution in [0.15, 0.2) is 18.2 Å². The van der Waals surface area contributed by atoms with Gasteiger partial charge in [0, 0.05) is 0 Å². The number of rotatable bonds is 1. The Morgan fingerprint density at radius 3 is 3.00 bits per heavy atom. The number of methoxy groups -OCH3 is 1. The monoisotopic (exact) mass is 193 g/mol. The van der Waals surface area contributed by atoms with E-state index in [9.17, 15) is 0 Å². The van der Waals surface area contributed by atoms with Gasteiger partial charge in [-0.2, -0.15) is 0 Å². The number of hydrogen-bond donors (Lipinski definition) is 1. The van der Waals surface area contributed by atoms with Gasteiger partial charge in [-0.3, -0.25) is 0 Å². The van der Waals surface area contributed by atoms with Gasteiger partial charge in [-0.1, -0.05) is 6.07 Å². The Bertz CT molecular complexity index is 338. The molecular formula is C11H15NO2. The Labute approximate surface area is 83.8 Å². The third-order valence-corrected chi connectivity index (χ3v) is 2.72. The van der Waals surface area contributed by atoms with E-state index in [0.29, 0.717) is 6.61 Å². The first-order chi connectivity index (χ1) is 6.72. The minimum atomic E-state index is -0.0474. The van der Waals surface area contributed by atoms with Crippen LogP contribution in [-0.2, 0) is 11.3 Å². The van der Waals surface area contributed by atoms with Crippen LogP contribution in [0, 0.1) is 0 Å². The number of ether oxygens (including phenoxy) is 2. The van der Waals surface area contributed by atoms with Crippen LogP contribution in [0.2, 0.25) is 0 Å². The lowest BCUT2D eigenvalue weighted by Gasteiger charge is -2.29. The summed E-state index contributed by atoms with van der Waals surface area (Å²) in [4.78, 5) is 0. The first kappa shape index (κ1) is 9.49. The van der Waals surface area contributed by atoms with E-state index in [2.05, 4.69) is 0 Å². The van der Waals surface area contributed by atoms with E-state index in [1.165, 1.54) is 0 Å². The first-order valence-electron chi connectivity index (χ1n) is 4.76. The molecule has 3 heteroatoms. The average molecular weight is 193 g/mol. The highest BCUT2D eigenvalue weighted by Crippen LogP contribution is 2.30. The van der Waals surface area contributed by atoms with Gasteiger partial charge < -0.3 is 15.2 Å². The van der Waals surface area contributed by atoms with Crippen molar-refractivity contribution in [1.29, 1.82) is 0 Å². The summed E-state index contributed by atoms with van der Waals surface area (Å²) in [6.07, 6.45) is 0.0783. The summed E-state index contributed by atoms with van der Waals surface area (Å²) in [7, 11) is 1.66. The van der Waals surface area contributed by atoms with Crippen LogP contribution in [-0.4, -0.2) is 13.2 Å². The van der Waals surface area contributed by atoms with Gasteiger partial charge in [0.2, 0.25) is 0 Å². The zero-order valence-electron chi connectivity index (χ0n) is 8.49. The molecule has 0 saturated carbocycles. The molecule has 3 nitrogen and oxygen atoms in total. The molecule has 0 saturated heterocycles. The van der Waals surface area contributed by atoms with Crippen molar-refractivity contribution in [2.45, 2.75) is 25.7 Å². The van der Waals surface area contributed by atoms with Crippen molar-refractivity contribution < 1.29 is 9.47 Å². The molecule has 76 valence electrons. The Hall–Kier alpha value is -1.06. The van der Waals surface area contributed by atoms with Crippen molar-refractivity contribution in [2.75, 3.05) is 7.11 Å². The summed E-state index contributed by atoms with van der Waals surface area (Å²) < 4.78 is 10.7. The second-order valence-corrected chi connectivity index (χ2v) is 3.61. The maximum Gasteiger partial charge on any atom is 0.119 e. The van der Waals surface area contributed by atoms with Crippen LogP contribution in [0.1, 0.15) is 24.1 Å². The highest BCUT2D eigenvalue weighted by molar-refractivity contribution is 5.38. The molecule has 2 atom stereocenters. The van der Waals surface area contributed by atoms with Crippen molar-refractivity contribution in [3.8, 4) is 5.75 Å². The van der Waals surface area contributed by atoms with Crippen molar-refractivity contribution in [3.05, 3.63) is 29.3 Å². The fourth-order valence-electron chi connectivity index (χ4n) is 1.72. The third kappa shape index (κ3) is 1.49. The molecule has 1 aromatic rings. The number of hydrogen-bond acceptors (Lipinski definition) is 3. The average Bonchev–Trinajstić information content (AvgIpc) is 2.23. The van der Waals surface area contributed by atoms with Gasteiger partial charge in [-0.25, -0.2) is 0 Å². The molecule has 2 rings (SSSR count). The summed E-state index contributed by atoms with van der Waals surface area (Å²) in [6, 6.07) is 5.90. The maximum atomic E-state index is 6.03. The second kappa shape index (κ2) is 3.59. The second-order valence-electron chi connectivity index (χ2n) is 3.61. The minimum absolute atomic E-state index is 0.0474. The van der Waals surface area contributed by atoms with Crippen molar-refractivity contribution in [3.63, 3.8) is 0 Å². The normalized spacial score (nSPS) is 25.6. The molecule has 0 aromatic heterocycles. The van der Waals surface area contributed by atoms with Crippen LogP contribution < -0.4 is 10.5 Å². The highest BCUT2D eigenvalue weighted by atomic mass is 16.5. The van der Waals surface area contributed by atoms with Crippen molar-refractivity contribution in [1.82, 2.24) is 0 Å². The largest absolute Gasteiger partial charge is 0.497 e. The fraction of sp³-hybridized carbons (Fsp3) is 0.455. The van der Waals surface area contributed by atoms with Gasteiger partial charge in [0.1, 0.15) is 5.75 Å². The number of nitrogens with two attached hydrogens (primary N) is 1. The van der Waals surface area contributed by atoms with Crippen LogP contribution in [0.25, 0.3) is 0 Å². The zero-order chi connectivity index (χ0) is 10.1. The SMILES string of the molecule is COc1ccc2c(c1)C(N)C(C)OC2. The van der Waals surface area contributed by atoms with E-state index in [0.717, 1.165) is 16.9 Å². The van der Waals surface area contributed by atoms with Crippen LogP contribution in [0.3, 0.4) is 0 Å². The predicted octanol–water partition coefficient (Wildman–Crippen LogP) is 1.61. The first-order valence-corrected chi connectivity index (χ1v) is 4.76. The summed E-state index contributed by atoms with van der Waals surface area (Å²) in [6.45, 7) is 2.64. The van der Waals surface area contributed by atoms with Crippen LogP contribution in [0.4, 0.5) is 0 Å². The minimum Gasteiger partial charge on any atom is -0.497 e. The van der Waals surface area contributed by atoms with E-state index in [4.69, 9.17) is 15.2 Å². The molecule has 0 aliphatic carbocycles. The van der Waals surface area contributed by atoms with Gasteiger partial charge in [0.15, 0.2) is 0 Å². The van der Waals surface area contributed by atoms with E-state index in [1.54, 1.807) is 7.11 Å². The fourth-order valence-corrected chi connectivity index (χ4v) is 1.72. The van der Waals surface area contributed by atoms with Crippen molar-refractivity contribution >= 4 is 0 Å². The lowest BCUT2D eigenvalue weighted by atomic mass is 9.95. The molecule has 0 radical (unpaired) electrons. The summed E-state index contributed by atoms with van der Waals surface area (Å²) in [5, 5.41) is 0. The topological polar surface area (TPSA) is 44.5 Å². The van der Waals surface area contributed by atoms with Gasteiger partial charge in [0.05, 0.1) is 25.9 Å². The Balaban J connectivity index is 2.41. The molecule has 2 unspecified atom stereocenters. The molecule has 1 aliphatic heterocycles. The third-order valence-electron chi connectivity index (χ3n) is 2.72. The number of benzene rings is 1. The quantitative estimate of drug-likeness (QED) is 0.737. The molecule has 14 heavy (non-hydrogen) atoms. The van der Waals surface area contributed by atoms with Crippen LogP contribution >= 0.6 is 0 Å². The van der Waals surface area contributed by atoms with Crippen LogP contribution in [0.5, 0.6) is 5.75 Å². The zero-order valence-corrected chi connectivity index (χ0v) is 8.49. The molecule has 1 aliphatic rings. The Morgan fingerprint density at radius 1 is 1.50 bits per heavy atom. The molecule has 0 bridgehead atoms. The lowest BCUT2D eigenvalue weighted by Crippen LogP contribution is -2.31. The highest BCUT2D eigenvalue weighted by Gasteiger charge is 2.24. The van der Waals surface area contributed by atoms with E-state index < -0.39 is 0 Å². The maximum absolute atomic E-state index is 6.03. The van der Waals surface area contributed by atoms with E-state index in [1.807, 2.05) is 25.1 Å². The smallest absolute Gasteiger partial charge is 0.119 e. The van der Waals surface area contributed by atoms with Gasteiger partial charge in [-0.05, 0) is 30.2 Å². The van der Waals surface area contributed by atoms with E-state index in [-0.39, 0.29) is 12.1 Å². The Kier molecular flexibility index (Phi) is 2.44. The molecule has 0 spiro atoms. The Morgan fingerprint density at radius 2 is 2.29 bits per heavy atom. The molecule has 1 heterocycles. The molecule has 1 aromatic carbocycles. The molecular weight excluding hydrogens is 178 g/mol. The number of fused-ring (bicyclic) bond motifs is 1. The predicted molar refractivity (Wildman–Crippen MR) is 54.2 cm³/mol. The molecule has 0 amide bonds. The van der Waals surface area contributed by atoms with Gasteiger partial charge in [-0.15, -0.1) is 0 Å². The van der Waals surface area contributed by atoms with E-state index >= 15 is 0 Å². The summed E-state index contributed by atoms with van der Waals surface area (Å²) in [5.41, 5.74) is 8.34. The molecule has 2 N–H and O–H groups in total. The van der Waals surface area contributed by atoms with Gasteiger partial charge in [0.25, 0.3) is 0 Å². The van der Waals surface area contributed by atoms with Gasteiger partial charge >= 0.3 is 0 Å². The van der Waals surface area contributed by atoms with Crippen molar-refractivity contribution in [2.24, 2.45) is 5.73 Å². The molecule has 0 fully saturated rings.